The highest BCUT2D eigenvalue weighted by Crippen LogP contribution is 2.26. The van der Waals surface area contributed by atoms with E-state index in [9.17, 15) is 18.0 Å². The summed E-state index contributed by atoms with van der Waals surface area (Å²) >= 11 is 0. The molecule has 1 aliphatic carbocycles. The number of nitrogens with one attached hydrogen (secondary N) is 4. The van der Waals surface area contributed by atoms with Gasteiger partial charge in [0.05, 0.1) is 4.90 Å². The van der Waals surface area contributed by atoms with Crippen molar-refractivity contribution in [3.63, 3.8) is 0 Å². The fourth-order valence-corrected chi connectivity index (χ4v) is 6.46. The first-order valence-electron chi connectivity index (χ1n) is 12.7. The topological polar surface area (TPSA) is 120 Å². The molecule has 5 rings (SSSR count). The van der Waals surface area contributed by atoms with Gasteiger partial charge in [0.1, 0.15) is 6.04 Å². The van der Waals surface area contributed by atoms with Gasteiger partial charge in [-0.2, -0.15) is 4.72 Å². The summed E-state index contributed by atoms with van der Waals surface area (Å²) in [5.74, 6) is -0.383. The lowest BCUT2D eigenvalue weighted by Gasteiger charge is -2.23. The van der Waals surface area contributed by atoms with Crippen LogP contribution in [0.4, 0.5) is 5.69 Å². The van der Waals surface area contributed by atoms with Crippen LogP contribution >= 0.6 is 0 Å². The molecule has 1 aromatic heterocycles. The second-order valence-corrected chi connectivity index (χ2v) is 11.5. The van der Waals surface area contributed by atoms with Crippen LogP contribution in [0.1, 0.15) is 56.1 Å². The van der Waals surface area contributed by atoms with Gasteiger partial charge in [0, 0.05) is 35.2 Å². The van der Waals surface area contributed by atoms with E-state index in [0.29, 0.717) is 18.5 Å². The van der Waals surface area contributed by atoms with Crippen LogP contribution in [0.15, 0.2) is 53.6 Å². The number of aromatic nitrogens is 1. The van der Waals surface area contributed by atoms with Crippen molar-refractivity contribution in [2.45, 2.75) is 74.8 Å². The van der Waals surface area contributed by atoms with Gasteiger partial charge in [-0.1, -0.05) is 43.9 Å². The highest BCUT2D eigenvalue weighted by atomic mass is 32.2. The molecule has 2 aromatic carbocycles. The SMILES string of the molecule is O=C1CCc2cc(S(=O)(=O)N[C@H](Cc3c[nH]c4ccccc34)C(=O)NC3CCCCCC3)ccc2N1. The van der Waals surface area contributed by atoms with Crippen LogP contribution in [0.3, 0.4) is 0 Å². The molecule has 0 spiro atoms. The molecule has 0 saturated heterocycles. The summed E-state index contributed by atoms with van der Waals surface area (Å²) in [6.07, 6.45) is 9.14. The fraction of sp³-hybridized carbons (Fsp3) is 0.407. The van der Waals surface area contributed by atoms with Crippen LogP contribution < -0.4 is 15.4 Å². The summed E-state index contributed by atoms with van der Waals surface area (Å²) in [6, 6.07) is 11.5. The first kappa shape index (κ1) is 24.5. The van der Waals surface area contributed by atoms with E-state index in [1.54, 1.807) is 12.1 Å². The van der Waals surface area contributed by atoms with Crippen LogP contribution in [-0.2, 0) is 32.5 Å². The number of carbonyl (C=O) groups is 2. The van der Waals surface area contributed by atoms with E-state index < -0.39 is 16.1 Å². The predicted molar refractivity (Wildman–Crippen MR) is 139 cm³/mol. The smallest absolute Gasteiger partial charge is 0.241 e. The number of hydrogen-bond acceptors (Lipinski definition) is 4. The molecule has 3 aromatic rings. The monoisotopic (exact) mass is 508 g/mol. The minimum Gasteiger partial charge on any atom is -0.361 e. The number of aryl methyl sites for hydroxylation is 1. The van der Waals surface area contributed by atoms with Gasteiger partial charge in [0.25, 0.3) is 0 Å². The van der Waals surface area contributed by atoms with E-state index in [0.717, 1.165) is 60.6 Å². The molecular formula is C27H32N4O4S. The Balaban J connectivity index is 1.41. The van der Waals surface area contributed by atoms with Gasteiger partial charge in [0.2, 0.25) is 21.8 Å². The van der Waals surface area contributed by atoms with Crippen molar-refractivity contribution in [3.8, 4) is 0 Å². The molecule has 190 valence electrons. The summed E-state index contributed by atoms with van der Waals surface area (Å²) < 4.78 is 29.6. The molecule has 8 nitrogen and oxygen atoms in total. The Morgan fingerprint density at radius 2 is 1.81 bits per heavy atom. The number of sulfonamides is 1. The van der Waals surface area contributed by atoms with E-state index in [2.05, 4.69) is 20.3 Å². The summed E-state index contributed by atoms with van der Waals surface area (Å²) in [5.41, 5.74) is 3.22. The standard InChI is InChI=1S/C27H32N4O4S/c32-26-14-11-18-15-21(12-13-23(18)30-26)36(34,35)31-25(27(33)29-20-7-3-1-2-4-8-20)16-19-17-28-24-10-6-5-9-22(19)24/h5-6,9-10,12-13,15,17,20,25,28,31H,1-4,7-8,11,14,16H2,(H,29,33)(H,30,32)/t25-/m1/s1. The lowest BCUT2D eigenvalue weighted by atomic mass is 10.0. The Kier molecular flexibility index (Phi) is 7.11. The quantitative estimate of drug-likeness (QED) is 0.363. The van der Waals surface area contributed by atoms with Crippen molar-refractivity contribution in [2.24, 2.45) is 0 Å². The molecule has 4 N–H and O–H groups in total. The van der Waals surface area contributed by atoms with Gasteiger partial charge in [0.15, 0.2) is 0 Å². The Labute approximate surface area is 211 Å². The third-order valence-corrected chi connectivity index (χ3v) is 8.67. The molecule has 36 heavy (non-hydrogen) atoms. The maximum absolute atomic E-state index is 13.5. The normalized spacial score (nSPS) is 17.7. The third kappa shape index (κ3) is 5.47. The predicted octanol–water partition coefficient (Wildman–Crippen LogP) is 3.78. The largest absolute Gasteiger partial charge is 0.361 e. The van der Waals surface area contributed by atoms with Crippen LogP contribution in [0.25, 0.3) is 10.9 Å². The number of hydrogen-bond donors (Lipinski definition) is 4. The molecule has 0 unspecified atom stereocenters. The van der Waals surface area contributed by atoms with Crippen molar-refractivity contribution in [2.75, 3.05) is 5.32 Å². The molecule has 0 bridgehead atoms. The Hall–Kier alpha value is -3.17. The van der Waals surface area contributed by atoms with Crippen LogP contribution in [0.2, 0.25) is 0 Å². The van der Waals surface area contributed by atoms with Gasteiger partial charge in [-0.25, -0.2) is 8.42 Å². The maximum Gasteiger partial charge on any atom is 0.241 e. The van der Waals surface area contributed by atoms with Crippen molar-refractivity contribution in [3.05, 3.63) is 59.8 Å². The molecule has 1 fully saturated rings. The number of benzene rings is 2. The highest BCUT2D eigenvalue weighted by Gasteiger charge is 2.29. The lowest BCUT2D eigenvalue weighted by Crippen LogP contribution is -2.50. The fourth-order valence-electron chi connectivity index (χ4n) is 5.22. The number of para-hydroxylation sites is 1. The average molecular weight is 509 g/mol. The highest BCUT2D eigenvalue weighted by molar-refractivity contribution is 7.89. The van der Waals surface area contributed by atoms with Crippen molar-refractivity contribution >= 4 is 38.4 Å². The van der Waals surface area contributed by atoms with Crippen LogP contribution in [0, 0.1) is 0 Å². The molecule has 1 atom stereocenters. The zero-order valence-corrected chi connectivity index (χ0v) is 21.0. The van der Waals surface area contributed by atoms with E-state index in [4.69, 9.17) is 0 Å². The maximum atomic E-state index is 13.5. The van der Waals surface area contributed by atoms with E-state index >= 15 is 0 Å². The second kappa shape index (κ2) is 10.4. The minimum absolute atomic E-state index is 0.0577. The van der Waals surface area contributed by atoms with Crippen molar-refractivity contribution in [1.29, 1.82) is 0 Å². The van der Waals surface area contributed by atoms with Gasteiger partial charge < -0.3 is 15.6 Å². The summed E-state index contributed by atoms with van der Waals surface area (Å²) in [5, 5.41) is 6.86. The van der Waals surface area contributed by atoms with Crippen molar-refractivity contribution < 1.29 is 18.0 Å². The molecule has 2 aliphatic rings. The summed E-state index contributed by atoms with van der Waals surface area (Å²) in [6.45, 7) is 0. The van der Waals surface area contributed by atoms with Gasteiger partial charge >= 0.3 is 0 Å². The zero-order valence-electron chi connectivity index (χ0n) is 20.2. The number of rotatable bonds is 7. The number of amides is 2. The van der Waals surface area contributed by atoms with Gasteiger partial charge in [-0.3, -0.25) is 9.59 Å². The van der Waals surface area contributed by atoms with E-state index in [-0.39, 0.29) is 29.2 Å². The Morgan fingerprint density at radius 3 is 2.61 bits per heavy atom. The Morgan fingerprint density at radius 1 is 1.03 bits per heavy atom. The van der Waals surface area contributed by atoms with Crippen LogP contribution in [-0.4, -0.2) is 37.3 Å². The third-order valence-electron chi connectivity index (χ3n) is 7.20. The number of fused-ring (bicyclic) bond motifs is 2. The molecule has 1 saturated carbocycles. The minimum atomic E-state index is -3.99. The number of aromatic amines is 1. The molecule has 0 radical (unpaired) electrons. The molecule has 1 aliphatic heterocycles. The van der Waals surface area contributed by atoms with Crippen LogP contribution in [0.5, 0.6) is 0 Å². The van der Waals surface area contributed by atoms with Gasteiger partial charge in [-0.15, -0.1) is 0 Å². The summed E-state index contributed by atoms with van der Waals surface area (Å²) in [7, 11) is -3.99. The molecule has 9 heteroatoms. The molecule has 2 amide bonds. The zero-order chi connectivity index (χ0) is 25.1. The number of carbonyl (C=O) groups excluding carboxylic acids is 2. The van der Waals surface area contributed by atoms with E-state index in [1.165, 1.54) is 6.07 Å². The molecular weight excluding hydrogens is 476 g/mol. The average Bonchev–Trinajstić information content (AvgIpc) is 3.09. The van der Waals surface area contributed by atoms with Gasteiger partial charge in [-0.05, 0) is 61.1 Å². The number of anilines is 1. The second-order valence-electron chi connectivity index (χ2n) is 9.80. The molecule has 2 heterocycles. The van der Waals surface area contributed by atoms with E-state index in [1.807, 2.05) is 30.5 Å². The summed E-state index contributed by atoms with van der Waals surface area (Å²) in [4.78, 5) is 28.4. The Bertz CT molecular complexity index is 1370. The number of H-pyrrole nitrogens is 1. The first-order valence-corrected chi connectivity index (χ1v) is 14.2. The lowest BCUT2D eigenvalue weighted by molar-refractivity contribution is -0.123. The van der Waals surface area contributed by atoms with Crippen molar-refractivity contribution in [1.82, 2.24) is 15.0 Å². The first-order chi connectivity index (χ1) is 17.4.